The summed E-state index contributed by atoms with van der Waals surface area (Å²) in [6.45, 7) is 0.683. The van der Waals surface area contributed by atoms with Crippen LogP contribution in [0.15, 0.2) is 146 Å². The van der Waals surface area contributed by atoms with E-state index in [0.29, 0.717) is 67.7 Å². The topological polar surface area (TPSA) is 241 Å². The number of aromatic nitrogens is 6. The van der Waals surface area contributed by atoms with Crippen LogP contribution < -0.4 is 32.3 Å². The molecule has 4 atom stereocenters. The lowest BCUT2D eigenvalue weighted by Gasteiger charge is -2.30. The first-order valence-corrected chi connectivity index (χ1v) is 28.8. The first-order valence-electron chi connectivity index (χ1n) is 26.5. The zero-order chi connectivity index (χ0) is 57.3. The number of hydrogen-bond donors (Lipinski definition) is 8. The van der Waals surface area contributed by atoms with Gasteiger partial charge in [0.05, 0.1) is 33.8 Å². The van der Waals surface area contributed by atoms with Crippen molar-refractivity contribution >= 4 is 119 Å². The van der Waals surface area contributed by atoms with Gasteiger partial charge in [-0.2, -0.15) is 0 Å². The van der Waals surface area contributed by atoms with E-state index >= 15 is 0 Å². The van der Waals surface area contributed by atoms with E-state index in [0.717, 1.165) is 84.3 Å². The second-order valence-electron chi connectivity index (χ2n) is 19.8. The van der Waals surface area contributed by atoms with Crippen LogP contribution in [0, 0.1) is 0 Å². The fraction of sp³-hybridized carbons (Fsp3) is 0.290. The van der Waals surface area contributed by atoms with Gasteiger partial charge in [-0.3, -0.25) is 19.2 Å². The maximum Gasteiger partial charge on any atom is 0.251 e. The lowest BCUT2D eigenvalue weighted by Crippen LogP contribution is -2.42. The highest BCUT2D eigenvalue weighted by atomic mass is 79.9. The van der Waals surface area contributed by atoms with Crippen LogP contribution in [-0.2, 0) is 9.59 Å². The number of nitrogen functional groups attached to an aromatic ring is 1. The third kappa shape index (κ3) is 18.7. The van der Waals surface area contributed by atoms with Crippen LogP contribution in [0.25, 0.3) is 44.3 Å². The SMILES string of the molecule is C.C.CN(C)C/C=C/C(=O)Nc1ccc(C(=O)N[C@H]2CCC[C@@H](Nc3ncc(Cl)c(-c4c[nH]c5ccccc45)n3)C2)cc1.Nc1ccc(C(=O)N[C@H]2CCC[C@@H](Nc3ncc(Cl)c(-c4c[nH]c5ccccc45)n3)C2)cc1.O=C(Cl)/C=C/CBr. The van der Waals surface area contributed by atoms with Crippen molar-refractivity contribution in [2.75, 3.05) is 47.7 Å². The van der Waals surface area contributed by atoms with Crippen LogP contribution in [0.3, 0.4) is 0 Å². The normalized spacial score (nSPS) is 16.6. The number of hydrogen-bond acceptors (Lipinski definition) is 12. The summed E-state index contributed by atoms with van der Waals surface area (Å²) >= 11 is 20.9. The molecule has 17 nitrogen and oxygen atoms in total. The average Bonchev–Trinajstić information content (AvgIpc) is 3.89. The quantitative estimate of drug-likeness (QED) is 0.0195. The summed E-state index contributed by atoms with van der Waals surface area (Å²) in [7, 11) is 3.87. The van der Waals surface area contributed by atoms with Crippen LogP contribution in [0.2, 0.25) is 10.0 Å². The maximum atomic E-state index is 13.0. The minimum atomic E-state index is -0.431. The number of rotatable bonds is 16. The number of amides is 3. The number of carbonyl (C=O) groups excluding carboxylic acids is 4. The van der Waals surface area contributed by atoms with E-state index < -0.39 is 5.24 Å². The fourth-order valence-electron chi connectivity index (χ4n) is 9.62. The predicted octanol–water partition coefficient (Wildman–Crippen LogP) is 13.5. The van der Waals surface area contributed by atoms with Gasteiger partial charge in [0.25, 0.3) is 11.8 Å². The van der Waals surface area contributed by atoms with Crippen molar-refractivity contribution < 1.29 is 19.2 Å². The molecular formula is C62H71BrCl3N13O4. The van der Waals surface area contributed by atoms with Gasteiger partial charge >= 0.3 is 0 Å². The summed E-state index contributed by atoms with van der Waals surface area (Å²) in [4.78, 5) is 74.3. The average molecular weight is 1250 g/mol. The Labute approximate surface area is 508 Å². The number of allylic oxidation sites excluding steroid dienone is 2. The molecule has 0 saturated heterocycles. The van der Waals surface area contributed by atoms with Gasteiger partial charge in [0.1, 0.15) is 0 Å². The van der Waals surface area contributed by atoms with Gasteiger partial charge < -0.3 is 47.2 Å². The second-order valence-corrected chi connectivity index (χ2v) is 21.7. The first kappa shape index (κ1) is 64.6. The smallest absolute Gasteiger partial charge is 0.251 e. The minimum Gasteiger partial charge on any atom is -0.399 e. The molecule has 0 radical (unpaired) electrons. The standard InChI is InChI=1S/C31H34ClN7O2.C25H25ClN6O.C4H4BrClO.2CH4/c1-39(2)16-6-11-28(40)35-21-14-12-20(13-15-21)30(41)36-22-7-5-8-23(17-22)37-31-34-19-26(32)29(38-31)25-18-33-27-10-4-3-9-24(25)27;26-21-14-29-25(32-23(21)20-13-28-22-7-2-1-6-19(20)22)31-18-5-3-4-17(12-18)30-24(33)15-8-10-16(27)11-9-15;5-3-1-2-4(6)7;;/h3-4,6,9-15,18-19,22-23,33H,5,7-8,16-17H2,1-2H3,(H,35,40)(H,36,41)(H,34,37,38);1-2,6-11,13-14,17-18,28H,3-5,12,27H2,(H,30,33)(H,29,31,32);1-2H,3H2;2*1H4/b11-6+;;2-1+;;/t22-,23+;17-,18+;;;/m00.../s1. The molecule has 2 fully saturated rings. The van der Waals surface area contributed by atoms with Gasteiger partial charge in [-0.1, -0.05) is 103 Å². The van der Waals surface area contributed by atoms with Gasteiger partial charge in [0.2, 0.25) is 23.0 Å². The van der Waals surface area contributed by atoms with E-state index in [1.807, 2.05) is 79.9 Å². The number of fused-ring (bicyclic) bond motifs is 2. The van der Waals surface area contributed by atoms with Gasteiger partial charge in [0, 0.05) is 110 Å². The summed E-state index contributed by atoms with van der Waals surface area (Å²) in [6, 6.07) is 30.4. The molecule has 9 N–H and O–H groups in total. The minimum absolute atomic E-state index is 0. The number of aromatic amines is 2. The number of nitrogens with two attached hydrogens (primary N) is 1. The fourth-order valence-corrected chi connectivity index (χ4v) is 10.3. The highest BCUT2D eigenvalue weighted by Crippen LogP contribution is 2.35. The third-order valence-electron chi connectivity index (χ3n) is 13.5. The molecule has 4 heterocycles. The van der Waals surface area contributed by atoms with Crippen molar-refractivity contribution in [3.05, 3.63) is 167 Å². The molecule has 436 valence electrons. The molecule has 21 heteroatoms. The van der Waals surface area contributed by atoms with Crippen LogP contribution in [0.5, 0.6) is 0 Å². The molecule has 0 aliphatic heterocycles. The molecule has 0 bridgehead atoms. The van der Waals surface area contributed by atoms with E-state index in [9.17, 15) is 19.2 Å². The molecule has 83 heavy (non-hydrogen) atoms. The molecule has 2 aliphatic carbocycles. The first-order chi connectivity index (χ1) is 39.2. The largest absolute Gasteiger partial charge is 0.399 e. The van der Waals surface area contributed by atoms with Crippen molar-refractivity contribution in [3.63, 3.8) is 0 Å². The summed E-state index contributed by atoms with van der Waals surface area (Å²) in [5, 5.41) is 19.4. The van der Waals surface area contributed by atoms with Crippen molar-refractivity contribution in [1.82, 2.24) is 45.4 Å². The Hall–Kier alpha value is -7.61. The molecule has 2 aliphatic rings. The number of carbonyl (C=O) groups is 4. The third-order valence-corrected chi connectivity index (χ3v) is 14.6. The Balaban J connectivity index is 0.000000238. The van der Waals surface area contributed by atoms with Gasteiger partial charge in [-0.05, 0) is 144 Å². The van der Waals surface area contributed by atoms with Crippen molar-refractivity contribution in [1.29, 1.82) is 0 Å². The number of anilines is 4. The molecule has 0 spiro atoms. The number of likely N-dealkylation sites (N-methyl/N-ethyl adjacent to an activating group) is 1. The number of benzene rings is 4. The van der Waals surface area contributed by atoms with E-state index in [4.69, 9.17) is 50.5 Å². The van der Waals surface area contributed by atoms with Crippen LogP contribution in [-0.4, -0.2) is 108 Å². The number of nitrogens with one attached hydrogen (secondary N) is 7. The number of alkyl halides is 1. The van der Waals surface area contributed by atoms with Crippen molar-refractivity contribution in [2.45, 2.75) is 90.4 Å². The lowest BCUT2D eigenvalue weighted by atomic mass is 9.91. The van der Waals surface area contributed by atoms with E-state index in [1.54, 1.807) is 73.1 Å². The lowest BCUT2D eigenvalue weighted by molar-refractivity contribution is -0.112. The van der Waals surface area contributed by atoms with Crippen LogP contribution in [0.4, 0.5) is 23.3 Å². The van der Waals surface area contributed by atoms with Crippen molar-refractivity contribution in [3.8, 4) is 22.5 Å². The van der Waals surface area contributed by atoms with E-state index in [2.05, 4.69) is 62.4 Å². The Morgan fingerprint density at radius 2 is 1.11 bits per heavy atom. The van der Waals surface area contributed by atoms with Gasteiger partial charge in [-0.25, -0.2) is 19.9 Å². The van der Waals surface area contributed by atoms with Gasteiger partial charge in [0.15, 0.2) is 0 Å². The van der Waals surface area contributed by atoms with Crippen molar-refractivity contribution in [2.24, 2.45) is 0 Å². The Morgan fingerprint density at radius 1 is 0.651 bits per heavy atom. The zero-order valence-corrected chi connectivity index (χ0v) is 48.5. The monoisotopic (exact) mass is 1250 g/mol. The maximum absolute atomic E-state index is 13.0. The van der Waals surface area contributed by atoms with Crippen LogP contribution >= 0.6 is 50.7 Å². The number of H-pyrrole nitrogens is 2. The second kappa shape index (κ2) is 31.7. The molecule has 2 saturated carbocycles. The highest BCUT2D eigenvalue weighted by molar-refractivity contribution is 9.09. The summed E-state index contributed by atoms with van der Waals surface area (Å²) in [5.41, 5.74) is 13.4. The molecule has 8 aromatic rings. The summed E-state index contributed by atoms with van der Waals surface area (Å²) in [6.07, 6.45) is 20.7. The zero-order valence-electron chi connectivity index (χ0n) is 44.7. The number of nitrogens with zero attached hydrogens (tertiary/aromatic N) is 5. The highest BCUT2D eigenvalue weighted by Gasteiger charge is 2.27. The van der Waals surface area contributed by atoms with Crippen LogP contribution in [0.1, 0.15) is 86.9 Å². The van der Waals surface area contributed by atoms with E-state index in [-0.39, 0.29) is 56.7 Å². The molecule has 0 unspecified atom stereocenters. The predicted molar refractivity (Wildman–Crippen MR) is 344 cm³/mol. The molecule has 4 aromatic carbocycles. The van der Waals surface area contributed by atoms with Gasteiger partial charge in [-0.15, -0.1) is 0 Å². The molecular weight excluding hydrogens is 1180 g/mol. The summed E-state index contributed by atoms with van der Waals surface area (Å²) < 4.78 is 0. The summed E-state index contributed by atoms with van der Waals surface area (Å²) in [5.74, 6) is 0.632. The Morgan fingerprint density at radius 3 is 1.55 bits per heavy atom. The Kier molecular flexibility index (Phi) is 24.7. The number of para-hydroxylation sites is 2. The number of halogens is 4. The van der Waals surface area contributed by atoms with E-state index in [1.165, 1.54) is 12.2 Å². The molecule has 3 amide bonds. The Bertz CT molecular complexity index is 3500. The molecule has 10 rings (SSSR count). The molecule has 4 aromatic heterocycles.